The molecule has 0 bridgehead atoms. The molecule has 1 radical (unpaired) electrons. The molecule has 4 heterocycles. The van der Waals surface area contributed by atoms with Crippen LogP contribution in [0.25, 0.3) is 77.6 Å². The first kappa shape index (κ1) is 49.6. The smallest absolute Gasteiger partial charge is 0.145 e. The molecule has 0 fully saturated rings. The van der Waals surface area contributed by atoms with Crippen LogP contribution in [0.1, 0.15) is 52.7 Å². The number of rotatable bonds is 7. The Balaban J connectivity index is 0.000000157. The first-order chi connectivity index (χ1) is 32.1. The molecular weight excluding hydrogens is 1020 g/mol. The second kappa shape index (κ2) is 21.3. The second-order valence-corrected chi connectivity index (χ2v) is 26.0. The van der Waals surface area contributed by atoms with Crippen molar-refractivity contribution in [1.82, 2.24) is 15.0 Å². The number of hydrogen-bond donors (Lipinski definition) is 0. The van der Waals surface area contributed by atoms with Gasteiger partial charge in [-0.1, -0.05) is 201 Å². The van der Waals surface area contributed by atoms with Crippen molar-refractivity contribution in [3.8, 4) is 44.9 Å². The van der Waals surface area contributed by atoms with Crippen molar-refractivity contribution in [2.24, 2.45) is 10.8 Å². The van der Waals surface area contributed by atoms with Gasteiger partial charge >= 0.3 is 0 Å². The molecule has 10 rings (SSSR count). The molecule has 0 atom stereocenters. The number of benzene rings is 6. The van der Waals surface area contributed by atoms with Crippen LogP contribution in [0.3, 0.4) is 0 Å². The van der Waals surface area contributed by atoms with E-state index in [1.165, 1.54) is 44.0 Å². The Kier molecular flexibility index (Phi) is 15.6. The molecular formula is C62H63IrN3OSi. The summed E-state index contributed by atoms with van der Waals surface area (Å²) in [7, 11) is -1.36. The van der Waals surface area contributed by atoms with Crippen LogP contribution in [0.2, 0.25) is 19.6 Å². The maximum atomic E-state index is 6.37. The molecule has 10 aromatic rings. The topological polar surface area (TPSA) is 51.8 Å². The number of hydrogen-bond acceptors (Lipinski definition) is 4. The van der Waals surface area contributed by atoms with Crippen molar-refractivity contribution in [1.29, 1.82) is 0 Å². The number of para-hydroxylation sites is 1. The third-order valence-corrected chi connectivity index (χ3v) is 13.8. The van der Waals surface area contributed by atoms with Crippen molar-refractivity contribution < 1.29 is 24.5 Å². The predicted octanol–water partition coefficient (Wildman–Crippen LogP) is 16.7. The Morgan fingerprint density at radius 3 is 1.62 bits per heavy atom. The summed E-state index contributed by atoms with van der Waals surface area (Å²) < 4.78 is 6.37. The van der Waals surface area contributed by atoms with Crippen molar-refractivity contribution in [3.05, 3.63) is 206 Å². The minimum atomic E-state index is -1.36. The monoisotopic (exact) mass is 1090 g/mol. The van der Waals surface area contributed by atoms with E-state index in [4.69, 9.17) is 14.4 Å². The fourth-order valence-electron chi connectivity index (χ4n) is 8.74. The van der Waals surface area contributed by atoms with Crippen molar-refractivity contribution >= 4 is 46.0 Å². The Labute approximate surface area is 418 Å². The van der Waals surface area contributed by atoms with E-state index in [0.29, 0.717) is 10.8 Å². The molecule has 0 N–H and O–H groups in total. The molecule has 0 aliphatic rings. The Hall–Kier alpha value is -6.30. The summed E-state index contributed by atoms with van der Waals surface area (Å²) in [6, 6.07) is 60.9. The van der Waals surface area contributed by atoms with Gasteiger partial charge in [0.15, 0.2) is 0 Å². The maximum Gasteiger partial charge on any atom is 0.145 e. The van der Waals surface area contributed by atoms with E-state index in [-0.39, 0.29) is 20.1 Å². The van der Waals surface area contributed by atoms with E-state index in [2.05, 4.69) is 206 Å². The van der Waals surface area contributed by atoms with E-state index in [9.17, 15) is 0 Å². The second-order valence-electron chi connectivity index (χ2n) is 21.0. The van der Waals surface area contributed by atoms with Crippen LogP contribution in [0, 0.1) is 10.8 Å². The van der Waals surface area contributed by atoms with Crippen LogP contribution in [0.15, 0.2) is 199 Å². The molecule has 4 aromatic heterocycles. The molecule has 0 saturated carbocycles. The van der Waals surface area contributed by atoms with E-state index in [1.54, 1.807) is 0 Å². The average molecular weight is 1090 g/mol. The fourth-order valence-corrected chi connectivity index (χ4v) is 10.3. The van der Waals surface area contributed by atoms with Crippen LogP contribution in [-0.4, -0.2) is 23.0 Å². The molecule has 0 unspecified atom stereocenters. The molecule has 6 aromatic carbocycles. The zero-order valence-corrected chi connectivity index (χ0v) is 44.4. The predicted molar refractivity (Wildman–Crippen MR) is 289 cm³/mol. The number of fused-ring (bicyclic) bond motifs is 4. The van der Waals surface area contributed by atoms with Gasteiger partial charge in [-0.15, -0.1) is 0 Å². The molecule has 0 aliphatic heterocycles. The third kappa shape index (κ3) is 12.4. The summed E-state index contributed by atoms with van der Waals surface area (Å²) in [4.78, 5) is 13.9. The summed E-state index contributed by atoms with van der Waals surface area (Å²) in [5, 5.41) is 6.08. The molecule has 0 amide bonds. The molecule has 345 valence electrons. The summed E-state index contributed by atoms with van der Waals surface area (Å²) in [5.41, 5.74) is 14.1. The van der Waals surface area contributed by atoms with Gasteiger partial charge in [-0.25, -0.2) is 0 Å². The van der Waals surface area contributed by atoms with Crippen molar-refractivity contribution in [2.75, 3.05) is 0 Å². The average Bonchev–Trinajstić information content (AvgIpc) is 3.71. The summed E-state index contributed by atoms with van der Waals surface area (Å²) >= 11 is 0. The van der Waals surface area contributed by atoms with E-state index < -0.39 is 8.07 Å². The van der Waals surface area contributed by atoms with Gasteiger partial charge < -0.3 is 4.42 Å². The Bertz CT molecular complexity index is 3240. The van der Waals surface area contributed by atoms with Crippen molar-refractivity contribution in [2.45, 2.75) is 74.0 Å². The standard InChI is InChI=1S/C27H17NO.C19H27NSi.C16H19N.Ir/c1-2-8-18(9-3-1)21-14-15-22(24-16-19-10-4-5-11-20(19)17-28-24)27-26(21)23-12-6-7-13-25(23)29-27;1-19(2,3)13-16-12-17(15-10-8-7-9-11-15)20-14-18(16)21(4,5)6;1-16(2,3)12-13-9-10-17-15(11-13)14-7-5-4-6-8-14;/h1-17H;7-12,14H,13H2,1-6H3;4-11H,12H2,1-3H3;. The van der Waals surface area contributed by atoms with Crippen LogP contribution in [0.4, 0.5) is 0 Å². The first-order valence-corrected chi connectivity index (χ1v) is 27.0. The van der Waals surface area contributed by atoms with Crippen molar-refractivity contribution in [3.63, 3.8) is 0 Å². The summed E-state index contributed by atoms with van der Waals surface area (Å²) in [6.45, 7) is 20.9. The zero-order valence-electron chi connectivity index (χ0n) is 41.0. The molecule has 68 heavy (non-hydrogen) atoms. The molecule has 6 heteroatoms. The Morgan fingerprint density at radius 2 is 1.00 bits per heavy atom. The normalized spacial score (nSPS) is 11.6. The quantitative estimate of drug-likeness (QED) is 0.149. The van der Waals surface area contributed by atoms with E-state index in [0.717, 1.165) is 62.8 Å². The summed E-state index contributed by atoms with van der Waals surface area (Å²) in [6.07, 6.45) is 8.16. The molecule has 4 nitrogen and oxygen atoms in total. The van der Waals surface area contributed by atoms with Gasteiger partial charge in [0.2, 0.25) is 0 Å². The zero-order chi connectivity index (χ0) is 47.2. The minimum absolute atomic E-state index is 0. The Morgan fingerprint density at radius 1 is 0.471 bits per heavy atom. The van der Waals surface area contributed by atoms with Gasteiger partial charge in [-0.3, -0.25) is 15.0 Å². The number of pyridine rings is 3. The van der Waals surface area contributed by atoms with Gasteiger partial charge in [-0.05, 0) is 92.9 Å². The van der Waals surface area contributed by atoms with Crippen LogP contribution in [0.5, 0.6) is 0 Å². The van der Waals surface area contributed by atoms with Crippen LogP contribution >= 0.6 is 0 Å². The van der Waals surface area contributed by atoms with Gasteiger partial charge in [0.1, 0.15) is 11.2 Å². The van der Waals surface area contributed by atoms with E-state index in [1.807, 2.05) is 54.9 Å². The first-order valence-electron chi connectivity index (χ1n) is 23.5. The largest absolute Gasteiger partial charge is 0.455 e. The van der Waals surface area contributed by atoms with Gasteiger partial charge in [0.25, 0.3) is 0 Å². The number of nitrogens with zero attached hydrogens (tertiary/aromatic N) is 3. The van der Waals surface area contributed by atoms with Crippen LogP contribution < -0.4 is 5.19 Å². The van der Waals surface area contributed by atoms with Crippen LogP contribution in [-0.2, 0) is 32.9 Å². The maximum absolute atomic E-state index is 6.37. The van der Waals surface area contributed by atoms with Gasteiger partial charge in [-0.2, -0.15) is 0 Å². The fraction of sp³-hybridized carbons (Fsp3) is 0.210. The van der Waals surface area contributed by atoms with Gasteiger partial charge in [0.05, 0.1) is 25.2 Å². The van der Waals surface area contributed by atoms with E-state index >= 15 is 0 Å². The number of aromatic nitrogens is 3. The third-order valence-electron chi connectivity index (χ3n) is 11.7. The molecule has 0 spiro atoms. The summed E-state index contributed by atoms with van der Waals surface area (Å²) in [5.74, 6) is 0. The number of furan rings is 1. The molecule has 0 aliphatic carbocycles. The molecule has 0 saturated heterocycles. The van der Waals surface area contributed by atoms with Gasteiger partial charge in [0, 0.05) is 71.5 Å². The SMILES string of the molecule is CC(C)(C)Cc1cc(-c2ccccc2)ncc1[Si](C)(C)C.CC(C)(C)Cc1ccnc(-c2ccccc2)c1.[Ir].c1ccc(-c2ccc(-c3cc4ccccc4cn3)c3oc4ccccc4c23)cc1. The minimum Gasteiger partial charge on any atom is -0.455 e.